The maximum atomic E-state index is 12.4. The summed E-state index contributed by atoms with van der Waals surface area (Å²) in [6.45, 7) is 3.60. The molecule has 0 amide bonds. The van der Waals surface area contributed by atoms with Gasteiger partial charge in [-0.2, -0.15) is 0 Å². The molecule has 0 N–H and O–H groups in total. The highest BCUT2D eigenvalue weighted by atomic mass is 19.1. The first kappa shape index (κ1) is 11.3. The van der Waals surface area contributed by atoms with E-state index in [2.05, 4.69) is 6.92 Å². The van der Waals surface area contributed by atoms with Crippen molar-refractivity contribution in [2.24, 2.45) is 17.8 Å². The van der Waals surface area contributed by atoms with Gasteiger partial charge in [0.2, 0.25) is 0 Å². The normalized spacial score (nSPS) is 42.8. The lowest BCUT2D eigenvalue weighted by Gasteiger charge is -2.36. The molecule has 15 heavy (non-hydrogen) atoms. The first-order valence-corrected chi connectivity index (χ1v) is 6.08. The van der Waals surface area contributed by atoms with E-state index < -0.39 is 0 Å². The smallest absolute Gasteiger partial charge is 0.160 e. The molecule has 2 fully saturated rings. The van der Waals surface area contributed by atoms with Gasteiger partial charge in [0, 0.05) is 11.8 Å². The summed E-state index contributed by atoms with van der Waals surface area (Å²) in [5.74, 6) is 1.31. The molecule has 0 atom stereocenters. The largest absolute Gasteiger partial charge is 0.352 e. The van der Waals surface area contributed by atoms with Crippen molar-refractivity contribution in [2.75, 3.05) is 19.9 Å². The third-order valence-electron chi connectivity index (χ3n) is 3.58. The molecule has 0 unspecified atom stereocenters. The van der Waals surface area contributed by atoms with Gasteiger partial charge in [-0.3, -0.25) is 4.39 Å². The Balaban J connectivity index is 1.75. The predicted octanol–water partition coefficient (Wildman–Crippen LogP) is 2.77. The Morgan fingerprint density at radius 2 is 1.67 bits per heavy atom. The molecule has 0 radical (unpaired) electrons. The number of hydrogen-bond donors (Lipinski definition) is 0. The van der Waals surface area contributed by atoms with Crippen molar-refractivity contribution in [2.45, 2.75) is 38.9 Å². The van der Waals surface area contributed by atoms with Crippen molar-refractivity contribution in [1.29, 1.82) is 0 Å². The molecule has 1 saturated heterocycles. The molecule has 0 spiro atoms. The average molecular weight is 216 g/mol. The van der Waals surface area contributed by atoms with E-state index in [1.807, 2.05) is 0 Å². The molecule has 0 aromatic heterocycles. The lowest BCUT2D eigenvalue weighted by Crippen LogP contribution is -2.37. The van der Waals surface area contributed by atoms with Crippen LogP contribution in [0.25, 0.3) is 0 Å². The van der Waals surface area contributed by atoms with Gasteiger partial charge >= 0.3 is 0 Å². The number of ether oxygens (including phenoxy) is 2. The van der Waals surface area contributed by atoms with Crippen molar-refractivity contribution >= 4 is 0 Å². The summed E-state index contributed by atoms with van der Waals surface area (Å²) in [6.07, 6.45) is 4.11. The van der Waals surface area contributed by atoms with E-state index in [4.69, 9.17) is 9.47 Å². The van der Waals surface area contributed by atoms with E-state index in [1.165, 1.54) is 0 Å². The van der Waals surface area contributed by atoms with E-state index in [0.717, 1.165) is 38.9 Å². The van der Waals surface area contributed by atoms with Crippen molar-refractivity contribution in [3.8, 4) is 0 Å². The molecule has 1 heterocycles. The molecule has 0 bridgehead atoms. The number of rotatable bonds is 2. The van der Waals surface area contributed by atoms with Crippen molar-refractivity contribution in [1.82, 2.24) is 0 Å². The summed E-state index contributed by atoms with van der Waals surface area (Å²) >= 11 is 0. The van der Waals surface area contributed by atoms with Crippen LogP contribution in [-0.4, -0.2) is 26.2 Å². The Morgan fingerprint density at radius 3 is 2.20 bits per heavy atom. The summed E-state index contributed by atoms with van der Waals surface area (Å²) in [4.78, 5) is 0. The van der Waals surface area contributed by atoms with E-state index in [1.54, 1.807) is 0 Å². The minimum Gasteiger partial charge on any atom is -0.352 e. The van der Waals surface area contributed by atoms with Gasteiger partial charge in [-0.1, -0.05) is 6.92 Å². The molecular weight excluding hydrogens is 195 g/mol. The SMILES string of the molecule is CC1COC(C2CCC(CF)CC2)OC1. The highest BCUT2D eigenvalue weighted by Gasteiger charge is 2.31. The van der Waals surface area contributed by atoms with Crippen LogP contribution in [0.4, 0.5) is 4.39 Å². The molecule has 88 valence electrons. The van der Waals surface area contributed by atoms with Gasteiger partial charge in [0.25, 0.3) is 0 Å². The maximum Gasteiger partial charge on any atom is 0.160 e. The van der Waals surface area contributed by atoms with Gasteiger partial charge < -0.3 is 9.47 Å². The minimum atomic E-state index is -0.157. The molecule has 2 aliphatic rings. The zero-order valence-corrected chi connectivity index (χ0v) is 9.45. The zero-order chi connectivity index (χ0) is 10.7. The summed E-state index contributed by atoms with van der Waals surface area (Å²) in [5, 5.41) is 0. The fourth-order valence-corrected chi connectivity index (χ4v) is 2.50. The number of halogens is 1. The maximum absolute atomic E-state index is 12.4. The van der Waals surface area contributed by atoms with Crippen LogP contribution >= 0.6 is 0 Å². The van der Waals surface area contributed by atoms with Gasteiger partial charge in [-0.25, -0.2) is 0 Å². The highest BCUT2D eigenvalue weighted by molar-refractivity contribution is 4.76. The van der Waals surface area contributed by atoms with Crippen molar-refractivity contribution in [3.05, 3.63) is 0 Å². The van der Waals surface area contributed by atoms with Crippen molar-refractivity contribution < 1.29 is 13.9 Å². The first-order valence-electron chi connectivity index (χ1n) is 6.08. The molecule has 1 aliphatic heterocycles. The molecule has 0 aromatic carbocycles. The van der Waals surface area contributed by atoms with Gasteiger partial charge in [0.15, 0.2) is 6.29 Å². The van der Waals surface area contributed by atoms with Gasteiger partial charge in [0.1, 0.15) is 0 Å². The standard InChI is InChI=1S/C12H21FO2/c1-9-7-14-12(15-8-9)11-4-2-10(6-13)3-5-11/h9-12H,2-8H2,1H3. The molecule has 2 rings (SSSR count). The molecule has 3 heteroatoms. The third kappa shape index (κ3) is 2.91. The van der Waals surface area contributed by atoms with Crippen LogP contribution in [0.5, 0.6) is 0 Å². The van der Waals surface area contributed by atoms with Crippen LogP contribution in [0.15, 0.2) is 0 Å². The first-order chi connectivity index (χ1) is 7.29. The van der Waals surface area contributed by atoms with E-state index in [0.29, 0.717) is 17.8 Å². The topological polar surface area (TPSA) is 18.5 Å². The molecule has 0 aromatic rings. The van der Waals surface area contributed by atoms with Crippen LogP contribution in [0.3, 0.4) is 0 Å². The van der Waals surface area contributed by atoms with Crippen LogP contribution in [0.1, 0.15) is 32.6 Å². The molecular formula is C12H21FO2. The average Bonchev–Trinajstić information content (AvgIpc) is 2.30. The van der Waals surface area contributed by atoms with Crippen molar-refractivity contribution in [3.63, 3.8) is 0 Å². The summed E-state index contributed by atoms with van der Waals surface area (Å²) < 4.78 is 23.8. The molecule has 1 aliphatic carbocycles. The summed E-state index contributed by atoms with van der Waals surface area (Å²) in [7, 11) is 0. The van der Waals surface area contributed by atoms with Gasteiger partial charge in [-0.15, -0.1) is 0 Å². The Labute approximate surface area is 91.1 Å². The predicted molar refractivity (Wildman–Crippen MR) is 56.3 cm³/mol. The Kier molecular flexibility index (Phi) is 3.98. The van der Waals surface area contributed by atoms with Gasteiger partial charge in [-0.05, 0) is 31.6 Å². The quantitative estimate of drug-likeness (QED) is 0.706. The lowest BCUT2D eigenvalue weighted by molar-refractivity contribution is -0.226. The fourth-order valence-electron chi connectivity index (χ4n) is 2.50. The fraction of sp³-hybridized carbons (Fsp3) is 1.00. The van der Waals surface area contributed by atoms with E-state index in [-0.39, 0.29) is 13.0 Å². The third-order valence-corrected chi connectivity index (χ3v) is 3.58. The van der Waals surface area contributed by atoms with Crippen LogP contribution in [0, 0.1) is 17.8 Å². The summed E-state index contributed by atoms with van der Waals surface area (Å²) in [5.41, 5.74) is 0. The lowest BCUT2D eigenvalue weighted by atomic mass is 9.82. The second-order valence-corrected chi connectivity index (χ2v) is 5.08. The number of alkyl halides is 1. The van der Waals surface area contributed by atoms with Crippen LogP contribution < -0.4 is 0 Å². The second-order valence-electron chi connectivity index (χ2n) is 5.08. The van der Waals surface area contributed by atoms with E-state index >= 15 is 0 Å². The monoisotopic (exact) mass is 216 g/mol. The zero-order valence-electron chi connectivity index (χ0n) is 9.45. The Bertz CT molecular complexity index is 182. The molecule has 2 nitrogen and oxygen atoms in total. The van der Waals surface area contributed by atoms with Gasteiger partial charge in [0.05, 0.1) is 19.9 Å². The number of hydrogen-bond acceptors (Lipinski definition) is 2. The van der Waals surface area contributed by atoms with Crippen LogP contribution in [-0.2, 0) is 9.47 Å². The summed E-state index contributed by atoms with van der Waals surface area (Å²) in [6, 6.07) is 0. The molecule has 1 saturated carbocycles. The Morgan fingerprint density at radius 1 is 1.07 bits per heavy atom. The Hall–Kier alpha value is -0.150. The van der Waals surface area contributed by atoms with Crippen LogP contribution in [0.2, 0.25) is 0 Å². The second kappa shape index (κ2) is 5.26. The minimum absolute atomic E-state index is 0.0123. The highest BCUT2D eigenvalue weighted by Crippen LogP contribution is 2.33. The van der Waals surface area contributed by atoms with E-state index in [9.17, 15) is 4.39 Å².